The molecule has 1 rings (SSSR count). The third kappa shape index (κ3) is 4.52. The summed E-state index contributed by atoms with van der Waals surface area (Å²) in [7, 11) is 0. The summed E-state index contributed by atoms with van der Waals surface area (Å²) >= 11 is 0. The van der Waals surface area contributed by atoms with E-state index >= 15 is 0 Å². The molecular formula is C12H24N2O3. The fourth-order valence-corrected chi connectivity index (χ4v) is 1.85. The van der Waals surface area contributed by atoms with Crippen molar-refractivity contribution in [1.82, 2.24) is 10.2 Å². The SMILES string of the molecule is CC1CNC(CCO)CN1C(=O)OC(C)(C)C. The second-order valence-corrected chi connectivity index (χ2v) is 5.60. The number of hydrogen-bond acceptors (Lipinski definition) is 4. The van der Waals surface area contributed by atoms with Crippen LogP contribution in [0.4, 0.5) is 4.79 Å². The molecule has 1 saturated heterocycles. The van der Waals surface area contributed by atoms with Gasteiger partial charge >= 0.3 is 6.09 Å². The van der Waals surface area contributed by atoms with Gasteiger partial charge in [-0.1, -0.05) is 0 Å². The molecule has 0 saturated carbocycles. The lowest BCUT2D eigenvalue weighted by Crippen LogP contribution is -2.58. The first kappa shape index (κ1) is 14.3. The molecule has 0 aromatic heterocycles. The summed E-state index contributed by atoms with van der Waals surface area (Å²) < 4.78 is 5.37. The Morgan fingerprint density at radius 1 is 1.53 bits per heavy atom. The Labute approximate surface area is 103 Å². The van der Waals surface area contributed by atoms with E-state index in [-0.39, 0.29) is 24.8 Å². The van der Waals surface area contributed by atoms with Gasteiger partial charge in [-0.25, -0.2) is 4.79 Å². The van der Waals surface area contributed by atoms with Gasteiger partial charge in [0, 0.05) is 31.8 Å². The lowest BCUT2D eigenvalue weighted by molar-refractivity contribution is 0.00851. The van der Waals surface area contributed by atoms with Crippen LogP contribution in [-0.4, -0.2) is 53.5 Å². The van der Waals surface area contributed by atoms with E-state index in [0.29, 0.717) is 13.0 Å². The van der Waals surface area contributed by atoms with Crippen molar-refractivity contribution in [3.63, 3.8) is 0 Å². The maximum atomic E-state index is 12.0. The second-order valence-electron chi connectivity index (χ2n) is 5.60. The molecule has 1 aliphatic heterocycles. The Balaban J connectivity index is 2.57. The molecule has 1 heterocycles. The largest absolute Gasteiger partial charge is 0.444 e. The number of carbonyl (C=O) groups is 1. The van der Waals surface area contributed by atoms with Gasteiger partial charge in [-0.15, -0.1) is 0 Å². The molecule has 5 nitrogen and oxygen atoms in total. The average molecular weight is 244 g/mol. The third-order valence-electron chi connectivity index (χ3n) is 2.76. The first-order valence-electron chi connectivity index (χ1n) is 6.17. The van der Waals surface area contributed by atoms with Crippen LogP contribution < -0.4 is 5.32 Å². The molecule has 0 spiro atoms. The number of aliphatic hydroxyl groups excluding tert-OH is 1. The Kier molecular flexibility index (Phi) is 4.77. The van der Waals surface area contributed by atoms with Crippen molar-refractivity contribution in [2.45, 2.75) is 51.8 Å². The van der Waals surface area contributed by atoms with Gasteiger partial charge in [0.05, 0.1) is 0 Å². The Hall–Kier alpha value is -0.810. The molecule has 0 bridgehead atoms. The van der Waals surface area contributed by atoms with Gasteiger partial charge in [0.15, 0.2) is 0 Å². The van der Waals surface area contributed by atoms with E-state index < -0.39 is 5.60 Å². The smallest absolute Gasteiger partial charge is 0.410 e. The standard InChI is InChI=1S/C12H24N2O3/c1-9-7-13-10(5-6-15)8-14(9)11(16)17-12(2,3)4/h9-10,13,15H,5-8H2,1-4H3. The predicted molar refractivity (Wildman–Crippen MR) is 65.9 cm³/mol. The van der Waals surface area contributed by atoms with Crippen LogP contribution in [-0.2, 0) is 4.74 Å². The van der Waals surface area contributed by atoms with Gasteiger partial charge in [-0.05, 0) is 34.1 Å². The molecule has 1 aliphatic rings. The summed E-state index contributed by atoms with van der Waals surface area (Å²) in [6, 6.07) is 0.281. The number of nitrogens with zero attached hydrogens (tertiary/aromatic N) is 1. The number of rotatable bonds is 2. The molecule has 0 aliphatic carbocycles. The summed E-state index contributed by atoms with van der Waals surface area (Å²) in [6.45, 7) is 9.05. The zero-order chi connectivity index (χ0) is 13.1. The normalized spacial score (nSPS) is 25.8. The fraction of sp³-hybridized carbons (Fsp3) is 0.917. The van der Waals surface area contributed by atoms with E-state index in [0.717, 1.165) is 6.54 Å². The maximum absolute atomic E-state index is 12.0. The van der Waals surface area contributed by atoms with E-state index in [9.17, 15) is 4.79 Å². The van der Waals surface area contributed by atoms with Crippen LogP contribution in [0.15, 0.2) is 0 Å². The molecule has 1 amide bonds. The summed E-state index contributed by atoms with van der Waals surface area (Å²) in [4.78, 5) is 13.7. The Bertz CT molecular complexity index is 263. The van der Waals surface area contributed by atoms with Crippen LogP contribution in [0, 0.1) is 0 Å². The molecule has 0 aromatic carbocycles. The number of carbonyl (C=O) groups excluding carboxylic acids is 1. The summed E-state index contributed by atoms with van der Waals surface area (Å²) in [5.74, 6) is 0. The van der Waals surface area contributed by atoms with Crippen molar-refractivity contribution in [3.8, 4) is 0 Å². The minimum absolute atomic E-state index is 0.125. The zero-order valence-corrected chi connectivity index (χ0v) is 11.2. The lowest BCUT2D eigenvalue weighted by atomic mass is 10.1. The molecule has 2 N–H and O–H groups in total. The predicted octanol–water partition coefficient (Wildman–Crippen LogP) is 0.966. The summed E-state index contributed by atoms with van der Waals surface area (Å²) in [5, 5.41) is 12.2. The Morgan fingerprint density at radius 2 is 2.18 bits per heavy atom. The quantitative estimate of drug-likeness (QED) is 0.759. The first-order valence-corrected chi connectivity index (χ1v) is 6.17. The number of amides is 1. The third-order valence-corrected chi connectivity index (χ3v) is 2.76. The summed E-state index contributed by atoms with van der Waals surface area (Å²) in [5.41, 5.74) is -0.464. The second kappa shape index (κ2) is 5.69. The number of piperazine rings is 1. The molecule has 0 radical (unpaired) electrons. The molecule has 5 heteroatoms. The molecule has 0 aromatic rings. The van der Waals surface area contributed by atoms with E-state index in [1.807, 2.05) is 27.7 Å². The minimum Gasteiger partial charge on any atom is -0.444 e. The van der Waals surface area contributed by atoms with E-state index in [1.165, 1.54) is 0 Å². The Morgan fingerprint density at radius 3 is 2.71 bits per heavy atom. The van der Waals surface area contributed by atoms with E-state index in [1.54, 1.807) is 4.90 Å². The van der Waals surface area contributed by atoms with Crippen molar-refractivity contribution in [3.05, 3.63) is 0 Å². The van der Waals surface area contributed by atoms with Gasteiger partial charge < -0.3 is 20.1 Å². The van der Waals surface area contributed by atoms with Gasteiger partial charge in [0.2, 0.25) is 0 Å². The van der Waals surface area contributed by atoms with Crippen LogP contribution in [0.5, 0.6) is 0 Å². The van der Waals surface area contributed by atoms with Crippen molar-refractivity contribution < 1.29 is 14.6 Å². The average Bonchev–Trinajstić information content (AvgIpc) is 2.18. The van der Waals surface area contributed by atoms with Gasteiger partial charge in [0.25, 0.3) is 0 Å². The highest BCUT2D eigenvalue weighted by atomic mass is 16.6. The van der Waals surface area contributed by atoms with Crippen LogP contribution in [0.1, 0.15) is 34.1 Å². The van der Waals surface area contributed by atoms with Crippen LogP contribution in [0.25, 0.3) is 0 Å². The molecule has 1 fully saturated rings. The number of ether oxygens (including phenoxy) is 1. The highest BCUT2D eigenvalue weighted by molar-refractivity contribution is 5.68. The van der Waals surface area contributed by atoms with Crippen molar-refractivity contribution in [2.24, 2.45) is 0 Å². The number of hydrogen-bond donors (Lipinski definition) is 2. The van der Waals surface area contributed by atoms with Crippen LogP contribution in [0.2, 0.25) is 0 Å². The maximum Gasteiger partial charge on any atom is 0.410 e. The highest BCUT2D eigenvalue weighted by Crippen LogP contribution is 2.15. The molecule has 100 valence electrons. The molecule has 2 unspecified atom stereocenters. The first-order chi connectivity index (χ1) is 7.83. The summed E-state index contributed by atoms with van der Waals surface area (Å²) in [6.07, 6.45) is 0.390. The molecule has 17 heavy (non-hydrogen) atoms. The lowest BCUT2D eigenvalue weighted by Gasteiger charge is -2.39. The molecule has 2 atom stereocenters. The highest BCUT2D eigenvalue weighted by Gasteiger charge is 2.31. The molecular weight excluding hydrogens is 220 g/mol. The van der Waals surface area contributed by atoms with Gasteiger partial charge in [-0.3, -0.25) is 0 Å². The zero-order valence-electron chi connectivity index (χ0n) is 11.2. The van der Waals surface area contributed by atoms with E-state index in [4.69, 9.17) is 9.84 Å². The van der Waals surface area contributed by atoms with Crippen molar-refractivity contribution in [1.29, 1.82) is 0 Å². The number of nitrogens with one attached hydrogen (secondary N) is 1. The van der Waals surface area contributed by atoms with Crippen molar-refractivity contribution in [2.75, 3.05) is 19.7 Å². The van der Waals surface area contributed by atoms with Gasteiger partial charge in [0.1, 0.15) is 5.60 Å². The fourth-order valence-electron chi connectivity index (χ4n) is 1.85. The topological polar surface area (TPSA) is 61.8 Å². The van der Waals surface area contributed by atoms with E-state index in [2.05, 4.69) is 5.32 Å². The number of aliphatic hydroxyl groups is 1. The monoisotopic (exact) mass is 244 g/mol. The van der Waals surface area contributed by atoms with Crippen LogP contribution >= 0.6 is 0 Å². The van der Waals surface area contributed by atoms with Crippen molar-refractivity contribution >= 4 is 6.09 Å². The van der Waals surface area contributed by atoms with Crippen LogP contribution in [0.3, 0.4) is 0 Å². The minimum atomic E-state index is -0.464. The van der Waals surface area contributed by atoms with Gasteiger partial charge in [-0.2, -0.15) is 0 Å².